The number of nitrogens with two attached hydrogens (primary N) is 1. The number of rotatable bonds is 4. The molecule has 0 spiro atoms. The van der Waals surface area contributed by atoms with Gasteiger partial charge in [0.2, 0.25) is 6.79 Å². The van der Waals surface area contributed by atoms with Gasteiger partial charge < -0.3 is 19.9 Å². The number of carbonyl (C=O) groups is 2. The van der Waals surface area contributed by atoms with E-state index in [9.17, 15) is 9.59 Å². The maximum atomic E-state index is 13.1. The zero-order valence-corrected chi connectivity index (χ0v) is 14.7. The van der Waals surface area contributed by atoms with Gasteiger partial charge in [0, 0.05) is 23.6 Å². The Kier molecular flexibility index (Phi) is 4.29. The highest BCUT2D eigenvalue weighted by molar-refractivity contribution is 6.03. The summed E-state index contributed by atoms with van der Waals surface area (Å²) in [6, 6.07) is 11.8. The summed E-state index contributed by atoms with van der Waals surface area (Å²) in [5, 5.41) is 0.867. The minimum Gasteiger partial charge on any atom is -0.468 e. The lowest BCUT2D eigenvalue weighted by atomic mass is 10.1. The van der Waals surface area contributed by atoms with Crippen LogP contribution in [0.5, 0.6) is 11.5 Å². The third-order valence-electron chi connectivity index (χ3n) is 4.58. The Morgan fingerprint density at radius 3 is 2.78 bits per heavy atom. The highest BCUT2D eigenvalue weighted by Crippen LogP contribution is 2.33. The van der Waals surface area contributed by atoms with E-state index < -0.39 is 12.0 Å². The van der Waals surface area contributed by atoms with Crippen LogP contribution in [0.1, 0.15) is 15.9 Å². The van der Waals surface area contributed by atoms with Crippen LogP contribution >= 0.6 is 0 Å². The molecule has 7 heteroatoms. The van der Waals surface area contributed by atoms with Crippen LogP contribution in [0.4, 0.5) is 0 Å². The van der Waals surface area contributed by atoms with E-state index in [1.807, 2.05) is 24.3 Å². The number of aromatic nitrogens is 1. The second-order valence-electron chi connectivity index (χ2n) is 6.25. The van der Waals surface area contributed by atoms with Crippen LogP contribution in [0.2, 0.25) is 0 Å². The summed E-state index contributed by atoms with van der Waals surface area (Å²) in [4.78, 5) is 24.8. The molecular weight excluding hydrogens is 348 g/mol. The van der Waals surface area contributed by atoms with E-state index in [-0.39, 0.29) is 19.1 Å². The van der Waals surface area contributed by atoms with Crippen molar-refractivity contribution >= 4 is 22.8 Å². The van der Waals surface area contributed by atoms with Crippen LogP contribution in [0.15, 0.2) is 48.7 Å². The van der Waals surface area contributed by atoms with Gasteiger partial charge in [-0.05, 0) is 29.8 Å². The fourth-order valence-corrected chi connectivity index (χ4v) is 3.22. The molecule has 0 amide bonds. The predicted molar refractivity (Wildman–Crippen MR) is 97.9 cm³/mol. The summed E-state index contributed by atoms with van der Waals surface area (Å²) in [5.41, 5.74) is 7.93. The van der Waals surface area contributed by atoms with Crippen molar-refractivity contribution in [3.63, 3.8) is 0 Å². The molecule has 3 aromatic rings. The van der Waals surface area contributed by atoms with E-state index >= 15 is 0 Å². The molecule has 4 rings (SSSR count). The van der Waals surface area contributed by atoms with Crippen molar-refractivity contribution in [2.75, 3.05) is 13.9 Å². The number of carbonyl (C=O) groups excluding carboxylic acids is 2. The third kappa shape index (κ3) is 3.02. The van der Waals surface area contributed by atoms with E-state index in [4.69, 9.17) is 19.9 Å². The molecule has 7 nitrogen and oxygen atoms in total. The molecule has 2 aromatic carbocycles. The largest absolute Gasteiger partial charge is 0.468 e. The Morgan fingerprint density at radius 1 is 1.19 bits per heavy atom. The highest BCUT2D eigenvalue weighted by atomic mass is 16.7. The van der Waals surface area contributed by atoms with Gasteiger partial charge in [-0.3, -0.25) is 14.2 Å². The number of benzene rings is 2. The molecule has 2 heterocycles. The topological polar surface area (TPSA) is 92.8 Å². The van der Waals surface area contributed by atoms with E-state index in [0.717, 1.165) is 16.5 Å². The van der Waals surface area contributed by atoms with Crippen LogP contribution in [0, 0.1) is 0 Å². The van der Waals surface area contributed by atoms with Crippen LogP contribution in [0.25, 0.3) is 10.9 Å². The zero-order chi connectivity index (χ0) is 19.0. The monoisotopic (exact) mass is 366 g/mol. The van der Waals surface area contributed by atoms with Crippen molar-refractivity contribution in [1.82, 2.24) is 4.57 Å². The Hall–Kier alpha value is -3.32. The molecule has 2 N–H and O–H groups in total. The second-order valence-corrected chi connectivity index (χ2v) is 6.25. The summed E-state index contributed by atoms with van der Waals surface area (Å²) in [7, 11) is 1.30. The van der Waals surface area contributed by atoms with E-state index in [1.165, 1.54) is 7.11 Å². The fraction of sp³-hybridized carbons (Fsp3) is 0.200. The molecule has 1 aromatic heterocycles. The van der Waals surface area contributed by atoms with Gasteiger partial charge in [0.1, 0.15) is 6.04 Å². The molecular formula is C20H18N2O5. The first-order chi connectivity index (χ1) is 13.1. The third-order valence-corrected chi connectivity index (χ3v) is 4.58. The molecule has 27 heavy (non-hydrogen) atoms. The SMILES string of the molecule is COC(=O)[C@H](N)Cc1cn(C(=O)c2ccc3c(c2)OCO3)c2ccccc12. The molecule has 0 saturated carbocycles. The number of fused-ring (bicyclic) bond motifs is 2. The van der Waals surface area contributed by atoms with Gasteiger partial charge in [-0.25, -0.2) is 0 Å². The predicted octanol–water partition coefficient (Wildman–Crippen LogP) is 2.10. The zero-order valence-electron chi connectivity index (χ0n) is 14.7. The number of hydrogen-bond donors (Lipinski definition) is 1. The van der Waals surface area contributed by atoms with Crippen molar-refractivity contribution in [2.24, 2.45) is 5.73 Å². The smallest absolute Gasteiger partial charge is 0.322 e. The van der Waals surface area contributed by atoms with Gasteiger partial charge in [0.05, 0.1) is 12.6 Å². The maximum absolute atomic E-state index is 13.1. The van der Waals surface area contributed by atoms with Crippen LogP contribution < -0.4 is 15.2 Å². The molecule has 138 valence electrons. The summed E-state index contributed by atoms with van der Waals surface area (Å²) in [6.07, 6.45) is 2.00. The van der Waals surface area contributed by atoms with E-state index in [2.05, 4.69) is 0 Å². The lowest BCUT2D eigenvalue weighted by Crippen LogP contribution is -2.33. The Morgan fingerprint density at radius 2 is 1.96 bits per heavy atom. The second kappa shape index (κ2) is 6.77. The van der Waals surface area contributed by atoms with Gasteiger partial charge in [-0.2, -0.15) is 0 Å². The molecule has 0 radical (unpaired) electrons. The van der Waals surface area contributed by atoms with E-state index in [0.29, 0.717) is 17.1 Å². The highest BCUT2D eigenvalue weighted by Gasteiger charge is 2.22. The van der Waals surface area contributed by atoms with Gasteiger partial charge in [0.15, 0.2) is 11.5 Å². The van der Waals surface area contributed by atoms with Gasteiger partial charge in [-0.15, -0.1) is 0 Å². The quantitative estimate of drug-likeness (QED) is 0.711. The maximum Gasteiger partial charge on any atom is 0.322 e. The molecule has 0 bridgehead atoms. The minimum atomic E-state index is -0.796. The Balaban J connectivity index is 1.73. The van der Waals surface area contributed by atoms with Gasteiger partial charge >= 0.3 is 5.97 Å². The minimum absolute atomic E-state index is 0.148. The first-order valence-corrected chi connectivity index (χ1v) is 8.45. The van der Waals surface area contributed by atoms with Crippen molar-refractivity contribution in [3.05, 3.63) is 59.8 Å². The normalized spacial score (nSPS) is 13.6. The Bertz CT molecular complexity index is 1040. The van der Waals surface area contributed by atoms with Crippen molar-refractivity contribution in [3.8, 4) is 11.5 Å². The number of methoxy groups -OCH3 is 1. The molecule has 0 unspecified atom stereocenters. The average Bonchev–Trinajstić information content (AvgIpc) is 3.31. The molecule has 0 aliphatic carbocycles. The van der Waals surface area contributed by atoms with Crippen LogP contribution in [-0.4, -0.2) is 36.4 Å². The first-order valence-electron chi connectivity index (χ1n) is 8.45. The van der Waals surface area contributed by atoms with E-state index in [1.54, 1.807) is 29.0 Å². The van der Waals surface area contributed by atoms with Gasteiger partial charge in [-0.1, -0.05) is 18.2 Å². The Labute approximate surface area is 155 Å². The number of para-hydroxylation sites is 1. The number of nitrogens with zero attached hydrogens (tertiary/aromatic N) is 1. The van der Waals surface area contributed by atoms with Crippen molar-refractivity contribution in [1.29, 1.82) is 0 Å². The lowest BCUT2D eigenvalue weighted by molar-refractivity contribution is -0.142. The number of hydrogen-bond acceptors (Lipinski definition) is 6. The lowest BCUT2D eigenvalue weighted by Gasteiger charge is -2.07. The summed E-state index contributed by atoms with van der Waals surface area (Å²) in [6.45, 7) is 0.148. The fourth-order valence-electron chi connectivity index (χ4n) is 3.22. The standard InChI is InChI=1S/C20H18N2O5/c1-25-20(24)15(21)8-13-10-22(16-5-3-2-4-14(13)16)19(23)12-6-7-17-18(9-12)27-11-26-17/h2-7,9-10,15H,8,11,21H2,1H3/t15-/m1/s1. The van der Waals surface area contributed by atoms with Crippen LogP contribution in [0.3, 0.4) is 0 Å². The summed E-state index contributed by atoms with van der Waals surface area (Å²) >= 11 is 0. The van der Waals surface area contributed by atoms with Crippen molar-refractivity contribution < 1.29 is 23.8 Å². The molecule has 0 saturated heterocycles. The number of esters is 1. The van der Waals surface area contributed by atoms with Crippen molar-refractivity contribution in [2.45, 2.75) is 12.5 Å². The van der Waals surface area contributed by atoms with Gasteiger partial charge in [0.25, 0.3) is 5.91 Å². The van der Waals surface area contributed by atoms with Crippen LogP contribution in [-0.2, 0) is 16.0 Å². The summed E-state index contributed by atoms with van der Waals surface area (Å²) in [5.74, 6) is 0.468. The number of ether oxygens (including phenoxy) is 3. The molecule has 1 aliphatic heterocycles. The summed E-state index contributed by atoms with van der Waals surface area (Å²) < 4.78 is 16.9. The molecule has 1 atom stereocenters. The first kappa shape index (κ1) is 17.1. The molecule has 0 fully saturated rings. The average molecular weight is 366 g/mol. The molecule has 1 aliphatic rings.